The molecule has 0 radical (unpaired) electrons. The number of nitrogens with zero attached hydrogens (tertiary/aromatic N) is 2. The average molecular weight is 471 g/mol. The minimum absolute atomic E-state index is 0.0170. The van der Waals surface area contributed by atoms with Gasteiger partial charge in [-0.2, -0.15) is 4.72 Å². The lowest BCUT2D eigenvalue weighted by molar-refractivity contribution is -0.117. The van der Waals surface area contributed by atoms with Crippen LogP contribution in [0.15, 0.2) is 41.3 Å². The zero-order chi connectivity index (χ0) is 23.8. The largest absolute Gasteiger partial charge is 0.324 e. The molecule has 2 aliphatic rings. The third-order valence-corrected chi connectivity index (χ3v) is 7.77. The van der Waals surface area contributed by atoms with Crippen molar-refractivity contribution in [2.24, 2.45) is 0 Å². The van der Waals surface area contributed by atoms with Crippen LogP contribution in [-0.2, 0) is 21.2 Å². The summed E-state index contributed by atoms with van der Waals surface area (Å²) in [7, 11) is -3.91. The van der Waals surface area contributed by atoms with Crippen molar-refractivity contribution in [1.82, 2.24) is 9.62 Å². The maximum Gasteiger partial charge on any atom is 0.324 e. The fourth-order valence-electron chi connectivity index (χ4n) is 4.37. The van der Waals surface area contributed by atoms with E-state index in [1.54, 1.807) is 23.1 Å². The summed E-state index contributed by atoms with van der Waals surface area (Å²) in [6, 6.07) is 9.45. The quantitative estimate of drug-likeness (QED) is 0.701. The Labute approximate surface area is 195 Å². The number of likely N-dealkylation sites (tertiary alicyclic amines) is 1. The number of hydrogen-bond donors (Lipinski definition) is 2. The van der Waals surface area contributed by atoms with Gasteiger partial charge in [0, 0.05) is 31.0 Å². The monoisotopic (exact) mass is 470 g/mol. The van der Waals surface area contributed by atoms with Crippen LogP contribution < -0.4 is 14.9 Å². The van der Waals surface area contributed by atoms with Crippen LogP contribution in [0.5, 0.6) is 0 Å². The van der Waals surface area contributed by atoms with E-state index in [1.807, 2.05) is 30.9 Å². The molecular formula is C24H30N4O4S. The molecule has 2 N–H and O–H groups in total. The van der Waals surface area contributed by atoms with Crippen LogP contribution in [0.25, 0.3) is 0 Å². The first-order valence-electron chi connectivity index (χ1n) is 11.3. The number of aryl methyl sites for hydroxylation is 2. The standard InChI is InChI=1S/C24H30N4O4S/c1-16-6-8-21(17(2)14-16)25-23(29)18(3)26-33(31,32)20-7-9-22-19(15-20)10-13-28(22)24(30)27-11-4-5-12-27/h6-9,14-15,18,26H,4-5,10-13H2,1-3H3,(H,25,29)/t18-/m0/s1. The molecule has 4 rings (SSSR count). The smallest absolute Gasteiger partial charge is 0.324 e. The number of benzene rings is 2. The van der Waals surface area contributed by atoms with E-state index < -0.39 is 22.0 Å². The molecule has 0 saturated carbocycles. The normalized spacial score (nSPS) is 16.6. The van der Waals surface area contributed by atoms with Gasteiger partial charge in [0.2, 0.25) is 15.9 Å². The highest BCUT2D eigenvalue weighted by molar-refractivity contribution is 7.89. The van der Waals surface area contributed by atoms with E-state index in [2.05, 4.69) is 10.0 Å². The number of carbonyl (C=O) groups excluding carboxylic acids is 2. The Hall–Kier alpha value is -2.91. The number of sulfonamides is 1. The molecule has 0 spiro atoms. The Morgan fingerprint density at radius 3 is 2.42 bits per heavy atom. The van der Waals surface area contributed by atoms with E-state index in [1.165, 1.54) is 13.0 Å². The van der Waals surface area contributed by atoms with Crippen molar-refractivity contribution in [2.75, 3.05) is 29.9 Å². The summed E-state index contributed by atoms with van der Waals surface area (Å²) in [4.78, 5) is 29.0. The summed E-state index contributed by atoms with van der Waals surface area (Å²) < 4.78 is 28.4. The first-order chi connectivity index (χ1) is 15.7. The molecule has 1 saturated heterocycles. The number of rotatable bonds is 5. The molecule has 3 amide bonds. The number of carbonyl (C=O) groups is 2. The highest BCUT2D eigenvalue weighted by atomic mass is 32.2. The van der Waals surface area contributed by atoms with Crippen LogP contribution in [-0.4, -0.2) is 50.9 Å². The number of urea groups is 1. The Kier molecular flexibility index (Phi) is 6.45. The molecule has 8 nitrogen and oxygen atoms in total. The summed E-state index contributed by atoms with van der Waals surface area (Å²) >= 11 is 0. The third kappa shape index (κ3) is 4.89. The van der Waals surface area contributed by atoms with Gasteiger partial charge in [-0.3, -0.25) is 9.69 Å². The van der Waals surface area contributed by atoms with Gasteiger partial charge in [-0.15, -0.1) is 0 Å². The molecule has 2 aromatic carbocycles. The number of fused-ring (bicyclic) bond motifs is 1. The van der Waals surface area contributed by atoms with Crippen LogP contribution >= 0.6 is 0 Å². The Morgan fingerprint density at radius 2 is 1.73 bits per heavy atom. The van der Waals surface area contributed by atoms with Crippen LogP contribution in [0, 0.1) is 13.8 Å². The lowest BCUT2D eigenvalue weighted by Gasteiger charge is -2.24. The van der Waals surface area contributed by atoms with E-state index in [-0.39, 0.29) is 10.9 Å². The molecule has 0 aliphatic carbocycles. The van der Waals surface area contributed by atoms with E-state index in [0.29, 0.717) is 18.7 Å². The van der Waals surface area contributed by atoms with E-state index in [4.69, 9.17) is 0 Å². The van der Waals surface area contributed by atoms with Crippen LogP contribution in [0.1, 0.15) is 36.5 Å². The molecule has 176 valence electrons. The first kappa shape index (κ1) is 23.3. The molecule has 33 heavy (non-hydrogen) atoms. The molecule has 2 aromatic rings. The highest BCUT2D eigenvalue weighted by Gasteiger charge is 2.31. The average Bonchev–Trinajstić information content (AvgIpc) is 3.44. The van der Waals surface area contributed by atoms with E-state index in [0.717, 1.165) is 48.3 Å². The predicted molar refractivity (Wildman–Crippen MR) is 128 cm³/mol. The molecule has 0 aromatic heterocycles. The summed E-state index contributed by atoms with van der Waals surface area (Å²) in [6.07, 6.45) is 2.63. The lowest BCUT2D eigenvalue weighted by Crippen LogP contribution is -2.41. The van der Waals surface area contributed by atoms with E-state index in [9.17, 15) is 18.0 Å². The van der Waals surface area contributed by atoms with Gasteiger partial charge in [0.05, 0.1) is 10.9 Å². The van der Waals surface area contributed by atoms with Crippen molar-refractivity contribution in [2.45, 2.75) is 51.0 Å². The molecule has 2 aliphatic heterocycles. The maximum absolute atomic E-state index is 13.0. The second kappa shape index (κ2) is 9.15. The van der Waals surface area contributed by atoms with Crippen molar-refractivity contribution >= 4 is 33.3 Å². The second-order valence-corrected chi connectivity index (χ2v) is 10.5. The summed E-state index contributed by atoms with van der Waals surface area (Å²) in [5.74, 6) is -0.436. The highest BCUT2D eigenvalue weighted by Crippen LogP contribution is 2.31. The molecule has 1 fully saturated rings. The SMILES string of the molecule is Cc1ccc(NC(=O)[C@H](C)NS(=O)(=O)c2ccc3c(c2)CCN3C(=O)N2CCCC2)c(C)c1. The summed E-state index contributed by atoms with van der Waals surface area (Å²) in [5, 5.41) is 2.78. The Bertz CT molecular complexity index is 1190. The number of hydrogen-bond acceptors (Lipinski definition) is 4. The fraction of sp³-hybridized carbons (Fsp3) is 0.417. The van der Waals surface area contributed by atoms with Gasteiger partial charge in [0.1, 0.15) is 0 Å². The molecule has 2 heterocycles. The first-order valence-corrected chi connectivity index (χ1v) is 12.7. The van der Waals surface area contributed by atoms with Crippen LogP contribution in [0.4, 0.5) is 16.2 Å². The Morgan fingerprint density at radius 1 is 1.00 bits per heavy atom. The van der Waals surface area contributed by atoms with Crippen molar-refractivity contribution in [3.63, 3.8) is 0 Å². The molecule has 9 heteroatoms. The van der Waals surface area contributed by atoms with Crippen LogP contribution in [0.3, 0.4) is 0 Å². The van der Waals surface area contributed by atoms with Gasteiger partial charge in [-0.05, 0) is 75.4 Å². The third-order valence-electron chi connectivity index (χ3n) is 6.23. The summed E-state index contributed by atoms with van der Waals surface area (Å²) in [6.45, 7) is 7.44. The van der Waals surface area contributed by atoms with Gasteiger partial charge < -0.3 is 10.2 Å². The van der Waals surface area contributed by atoms with Crippen molar-refractivity contribution in [3.8, 4) is 0 Å². The summed E-state index contributed by atoms with van der Waals surface area (Å²) in [5.41, 5.74) is 4.21. The van der Waals surface area contributed by atoms with Crippen molar-refractivity contribution < 1.29 is 18.0 Å². The van der Waals surface area contributed by atoms with Crippen molar-refractivity contribution in [3.05, 3.63) is 53.1 Å². The van der Waals surface area contributed by atoms with Gasteiger partial charge in [0.15, 0.2) is 0 Å². The molecule has 0 unspecified atom stereocenters. The second-order valence-electron chi connectivity index (χ2n) is 8.82. The van der Waals surface area contributed by atoms with Gasteiger partial charge >= 0.3 is 6.03 Å². The number of nitrogens with one attached hydrogen (secondary N) is 2. The molecule has 1 atom stereocenters. The van der Waals surface area contributed by atoms with Gasteiger partial charge in [0.25, 0.3) is 0 Å². The zero-order valence-electron chi connectivity index (χ0n) is 19.2. The van der Waals surface area contributed by atoms with Crippen LogP contribution in [0.2, 0.25) is 0 Å². The van der Waals surface area contributed by atoms with Crippen molar-refractivity contribution in [1.29, 1.82) is 0 Å². The number of amides is 3. The van der Waals surface area contributed by atoms with Gasteiger partial charge in [-0.25, -0.2) is 13.2 Å². The molecule has 0 bridgehead atoms. The van der Waals surface area contributed by atoms with E-state index >= 15 is 0 Å². The Balaban J connectivity index is 1.45. The molecular weight excluding hydrogens is 440 g/mol. The number of anilines is 2. The van der Waals surface area contributed by atoms with Gasteiger partial charge in [-0.1, -0.05) is 17.7 Å². The minimum Gasteiger partial charge on any atom is -0.324 e. The fourth-order valence-corrected chi connectivity index (χ4v) is 5.63. The lowest BCUT2D eigenvalue weighted by atomic mass is 10.1. The minimum atomic E-state index is -3.91. The predicted octanol–water partition coefficient (Wildman–Crippen LogP) is 3.19. The zero-order valence-corrected chi connectivity index (χ0v) is 20.0. The topological polar surface area (TPSA) is 98.8 Å². The maximum atomic E-state index is 13.0.